The number of anilines is 1. The van der Waals surface area contributed by atoms with Gasteiger partial charge in [0, 0.05) is 11.8 Å². The highest BCUT2D eigenvalue weighted by atomic mass is 16.5. The number of rotatable bonds is 3. The molecule has 0 spiro atoms. The zero-order valence-electron chi connectivity index (χ0n) is 13.5. The second-order valence-electron chi connectivity index (χ2n) is 5.30. The Balaban J connectivity index is 2.09. The van der Waals surface area contributed by atoms with Crippen molar-refractivity contribution in [1.29, 1.82) is 0 Å². The van der Waals surface area contributed by atoms with Crippen LogP contribution in [0.2, 0.25) is 0 Å². The average Bonchev–Trinajstić information content (AvgIpc) is 2.96. The molecule has 128 valence electrons. The monoisotopic (exact) mass is 341 g/mol. The zero-order valence-corrected chi connectivity index (χ0v) is 13.5. The Kier molecular flexibility index (Phi) is 4.02. The van der Waals surface area contributed by atoms with Gasteiger partial charge in [-0.3, -0.25) is 0 Å². The smallest absolute Gasteiger partial charge is 0.432 e. The molecule has 3 rings (SSSR count). The minimum Gasteiger partial charge on any atom is -0.465 e. The van der Waals surface area contributed by atoms with Crippen molar-refractivity contribution in [3.05, 3.63) is 47.5 Å². The van der Waals surface area contributed by atoms with Crippen LogP contribution in [0.5, 0.6) is 11.6 Å². The third kappa shape index (κ3) is 2.85. The van der Waals surface area contributed by atoms with Crippen LogP contribution in [-0.4, -0.2) is 34.1 Å². The standard InChI is InChI=1S/C17H15N3O5/c1-9-12(16(21)24-2)7-10(8-13(9)18)25-15-11-5-3-4-6-14(11)20(19-15)17(22)23/h3-8H,18H2,1-2H3,(H,22,23). The molecule has 3 N–H and O–H groups in total. The summed E-state index contributed by atoms with van der Waals surface area (Å²) in [5.41, 5.74) is 7.49. The van der Waals surface area contributed by atoms with Crippen molar-refractivity contribution in [2.75, 3.05) is 12.8 Å². The lowest BCUT2D eigenvalue weighted by molar-refractivity contribution is 0.0599. The fourth-order valence-corrected chi connectivity index (χ4v) is 2.46. The third-order valence-electron chi connectivity index (χ3n) is 3.78. The quantitative estimate of drug-likeness (QED) is 0.555. The number of carbonyl (C=O) groups is 2. The lowest BCUT2D eigenvalue weighted by Gasteiger charge is -2.10. The SMILES string of the molecule is COC(=O)c1cc(Oc2nn(C(=O)O)c3ccccc23)cc(N)c1C. The Morgan fingerprint density at radius 2 is 1.96 bits per heavy atom. The fraction of sp³-hybridized carbons (Fsp3) is 0.118. The molecule has 0 atom stereocenters. The molecule has 2 aromatic carbocycles. The van der Waals surface area contributed by atoms with Crippen LogP contribution in [0.1, 0.15) is 15.9 Å². The second kappa shape index (κ2) is 6.16. The molecule has 0 aliphatic rings. The molecule has 0 amide bonds. The number of hydrogen-bond donors (Lipinski definition) is 2. The van der Waals surface area contributed by atoms with E-state index in [1.54, 1.807) is 31.2 Å². The number of carbonyl (C=O) groups excluding carboxylic acids is 1. The molecule has 0 radical (unpaired) electrons. The largest absolute Gasteiger partial charge is 0.465 e. The van der Waals surface area contributed by atoms with Gasteiger partial charge in [0.15, 0.2) is 0 Å². The molecule has 0 fully saturated rings. The molecule has 8 nitrogen and oxygen atoms in total. The maximum Gasteiger partial charge on any atom is 0.432 e. The number of benzene rings is 2. The average molecular weight is 341 g/mol. The molecule has 0 saturated carbocycles. The van der Waals surface area contributed by atoms with E-state index >= 15 is 0 Å². The molecule has 1 aromatic heterocycles. The number of aromatic nitrogens is 2. The molecule has 25 heavy (non-hydrogen) atoms. The third-order valence-corrected chi connectivity index (χ3v) is 3.78. The number of nitrogen functional groups attached to an aromatic ring is 1. The summed E-state index contributed by atoms with van der Waals surface area (Å²) >= 11 is 0. The van der Waals surface area contributed by atoms with Gasteiger partial charge in [-0.2, -0.15) is 4.68 Å². The first-order chi connectivity index (χ1) is 11.9. The number of hydrogen-bond acceptors (Lipinski definition) is 6. The van der Waals surface area contributed by atoms with E-state index in [4.69, 9.17) is 15.2 Å². The van der Waals surface area contributed by atoms with Crippen molar-refractivity contribution in [2.24, 2.45) is 0 Å². The van der Waals surface area contributed by atoms with Crippen LogP contribution in [0.4, 0.5) is 10.5 Å². The maximum absolute atomic E-state index is 11.9. The van der Waals surface area contributed by atoms with E-state index in [0.717, 1.165) is 4.68 Å². The van der Waals surface area contributed by atoms with Crippen molar-refractivity contribution in [3.8, 4) is 11.6 Å². The van der Waals surface area contributed by atoms with Gasteiger partial charge >= 0.3 is 12.1 Å². The van der Waals surface area contributed by atoms with Gasteiger partial charge < -0.3 is 20.3 Å². The minimum absolute atomic E-state index is 0.0945. The maximum atomic E-state index is 11.9. The summed E-state index contributed by atoms with van der Waals surface area (Å²) in [6.07, 6.45) is -1.23. The fourth-order valence-electron chi connectivity index (χ4n) is 2.46. The predicted octanol–water partition coefficient (Wildman–Crippen LogP) is 3.03. The summed E-state index contributed by atoms with van der Waals surface area (Å²) < 4.78 is 11.3. The summed E-state index contributed by atoms with van der Waals surface area (Å²) in [4.78, 5) is 23.2. The number of carboxylic acid groups (broad SMARTS) is 1. The van der Waals surface area contributed by atoms with E-state index in [0.29, 0.717) is 22.2 Å². The van der Waals surface area contributed by atoms with Crippen molar-refractivity contribution < 1.29 is 24.2 Å². The van der Waals surface area contributed by atoms with Crippen molar-refractivity contribution in [3.63, 3.8) is 0 Å². The normalized spacial score (nSPS) is 10.6. The van der Waals surface area contributed by atoms with Gasteiger partial charge in [0.2, 0.25) is 5.88 Å². The van der Waals surface area contributed by atoms with E-state index in [2.05, 4.69) is 5.10 Å². The van der Waals surface area contributed by atoms with Crippen LogP contribution in [0, 0.1) is 6.92 Å². The number of esters is 1. The van der Waals surface area contributed by atoms with Crippen molar-refractivity contribution in [2.45, 2.75) is 6.92 Å². The number of fused-ring (bicyclic) bond motifs is 1. The molecule has 0 aliphatic carbocycles. The van der Waals surface area contributed by atoms with Gasteiger partial charge in [-0.25, -0.2) is 9.59 Å². The number of nitrogens with zero attached hydrogens (tertiary/aromatic N) is 2. The minimum atomic E-state index is -1.23. The molecular weight excluding hydrogens is 326 g/mol. The van der Waals surface area contributed by atoms with Crippen LogP contribution in [0.25, 0.3) is 10.9 Å². The molecule has 1 heterocycles. The molecule has 3 aromatic rings. The lowest BCUT2D eigenvalue weighted by Crippen LogP contribution is -2.09. The Hall–Kier alpha value is -3.55. The molecular formula is C17H15N3O5. The second-order valence-corrected chi connectivity index (χ2v) is 5.30. The molecule has 8 heteroatoms. The number of ether oxygens (including phenoxy) is 2. The number of methoxy groups -OCH3 is 1. The topological polar surface area (TPSA) is 117 Å². The summed E-state index contributed by atoms with van der Waals surface area (Å²) in [7, 11) is 1.27. The van der Waals surface area contributed by atoms with Crippen LogP contribution in [0.3, 0.4) is 0 Å². The summed E-state index contributed by atoms with van der Waals surface area (Å²) in [6.45, 7) is 1.69. The number of nitrogens with two attached hydrogens (primary N) is 1. The Morgan fingerprint density at radius 3 is 2.64 bits per heavy atom. The lowest BCUT2D eigenvalue weighted by atomic mass is 10.1. The highest BCUT2D eigenvalue weighted by Crippen LogP contribution is 2.32. The van der Waals surface area contributed by atoms with Gasteiger partial charge in [-0.15, -0.1) is 5.10 Å². The highest BCUT2D eigenvalue weighted by molar-refractivity contribution is 5.94. The van der Waals surface area contributed by atoms with Gasteiger partial charge in [-0.05, 0) is 30.7 Å². The Morgan fingerprint density at radius 1 is 1.24 bits per heavy atom. The predicted molar refractivity (Wildman–Crippen MR) is 90.2 cm³/mol. The molecule has 0 saturated heterocycles. The van der Waals surface area contributed by atoms with Crippen LogP contribution < -0.4 is 10.5 Å². The van der Waals surface area contributed by atoms with E-state index in [-0.39, 0.29) is 17.2 Å². The van der Waals surface area contributed by atoms with Crippen molar-refractivity contribution >= 4 is 28.7 Å². The van der Waals surface area contributed by atoms with E-state index in [1.807, 2.05) is 0 Å². The zero-order chi connectivity index (χ0) is 18.1. The van der Waals surface area contributed by atoms with Crippen LogP contribution in [-0.2, 0) is 4.74 Å². The molecule has 0 aliphatic heterocycles. The highest BCUT2D eigenvalue weighted by Gasteiger charge is 2.18. The molecule has 0 bridgehead atoms. The van der Waals surface area contributed by atoms with Gasteiger partial charge in [0.05, 0.1) is 23.6 Å². The Labute approximate surface area is 142 Å². The first-order valence-corrected chi connectivity index (χ1v) is 7.29. The summed E-state index contributed by atoms with van der Waals surface area (Å²) in [5.74, 6) is -0.197. The van der Waals surface area contributed by atoms with Crippen molar-refractivity contribution in [1.82, 2.24) is 9.78 Å². The van der Waals surface area contributed by atoms with E-state index in [9.17, 15) is 14.7 Å². The Bertz CT molecular complexity index is 993. The van der Waals surface area contributed by atoms with Crippen LogP contribution >= 0.6 is 0 Å². The number of para-hydroxylation sites is 1. The summed E-state index contributed by atoms with van der Waals surface area (Å²) in [6, 6.07) is 9.77. The first kappa shape index (κ1) is 16.3. The van der Waals surface area contributed by atoms with E-state index < -0.39 is 12.1 Å². The van der Waals surface area contributed by atoms with E-state index in [1.165, 1.54) is 19.2 Å². The van der Waals surface area contributed by atoms with Gasteiger partial charge in [-0.1, -0.05) is 12.1 Å². The summed E-state index contributed by atoms with van der Waals surface area (Å²) in [5, 5.41) is 13.7. The first-order valence-electron chi connectivity index (χ1n) is 7.29. The van der Waals surface area contributed by atoms with Gasteiger partial charge in [0.1, 0.15) is 5.75 Å². The molecule has 0 unspecified atom stereocenters. The van der Waals surface area contributed by atoms with Crippen LogP contribution in [0.15, 0.2) is 36.4 Å². The van der Waals surface area contributed by atoms with Gasteiger partial charge in [0.25, 0.3) is 0 Å².